The lowest BCUT2D eigenvalue weighted by Gasteiger charge is -2.38. The summed E-state index contributed by atoms with van der Waals surface area (Å²) in [4.78, 5) is 136. The molecular weight excluding hydrogens is 1200 g/mol. The van der Waals surface area contributed by atoms with Crippen molar-refractivity contribution < 1.29 is 83.1 Å². The van der Waals surface area contributed by atoms with Gasteiger partial charge in [0.25, 0.3) is 5.91 Å². The molecule has 9 unspecified atom stereocenters. The maximum atomic E-state index is 14.9. The maximum absolute atomic E-state index is 14.9. The highest BCUT2D eigenvalue weighted by Crippen LogP contribution is 2.26. The number of hydrogen-bond acceptors (Lipinski definition) is 17. The SMILES string of the molecule is C/C=C1\NC(=O)C(NC(=O)[C@H](C)NC(=O)C(C)C(O)CCCCCCC/C=C\CCCCCCC(O)CC(O)CC(O)CC(O)CC(O)CCCC[N+](C)(C)C)CC2(CS/C=C\NC(=O)[C@H](CC(N)=O)NC(=O)[C@H](CC(N)=O)NC2=O)NC(=O)[C@H](C(C)C)NC1=O. The lowest BCUT2D eigenvalue weighted by atomic mass is 9.89. The van der Waals surface area contributed by atoms with Crippen molar-refractivity contribution in [3.05, 3.63) is 35.5 Å². The first-order valence-electron chi connectivity index (χ1n) is 32.3. The molecule has 0 bridgehead atoms. The Balaban J connectivity index is 1.93. The maximum Gasteiger partial charge on any atom is 0.268 e. The molecule has 0 aromatic heterocycles. The number of primary amides is 2. The van der Waals surface area contributed by atoms with E-state index >= 15 is 0 Å². The van der Waals surface area contributed by atoms with Crippen LogP contribution >= 0.6 is 11.8 Å². The molecule has 1 saturated heterocycles. The van der Waals surface area contributed by atoms with Crippen molar-refractivity contribution in [2.75, 3.05) is 33.4 Å². The van der Waals surface area contributed by atoms with Gasteiger partial charge in [-0.3, -0.25) is 47.9 Å². The summed E-state index contributed by atoms with van der Waals surface area (Å²) in [7, 11) is 6.35. The predicted octanol–water partition coefficient (Wildman–Crippen LogP) is 0.316. The molecule has 18 N–H and O–H groups in total. The molecular formula is C63H110N11O16S+. The van der Waals surface area contributed by atoms with Gasteiger partial charge in [0.15, 0.2) is 0 Å². The number of rotatable bonds is 38. The number of aliphatic hydroxyl groups excluding tert-OH is 6. The molecule has 2 heterocycles. The fourth-order valence-electron chi connectivity index (χ4n) is 10.6. The van der Waals surface area contributed by atoms with Gasteiger partial charge in [-0.05, 0) is 109 Å². The van der Waals surface area contributed by atoms with E-state index in [9.17, 15) is 78.6 Å². The first kappa shape index (κ1) is 81.1. The van der Waals surface area contributed by atoms with Gasteiger partial charge in [0.1, 0.15) is 41.4 Å². The van der Waals surface area contributed by atoms with Crippen molar-refractivity contribution in [3.8, 4) is 0 Å². The quantitative estimate of drug-likeness (QED) is 0.0171. The Kier molecular flexibility index (Phi) is 37.7. The molecule has 0 aromatic rings. The number of allylic oxidation sites excluding steroid dienone is 3. The number of amides is 10. The number of quaternary nitrogens is 1. The molecule has 0 aromatic carbocycles. The molecule has 28 heteroatoms. The second kappa shape index (κ2) is 42.3. The fraction of sp³-hybridized carbons (Fsp3) is 0.746. The van der Waals surface area contributed by atoms with E-state index in [1.807, 2.05) is 0 Å². The Bertz CT molecular complexity index is 2440. The van der Waals surface area contributed by atoms with E-state index in [-0.39, 0.29) is 31.4 Å². The van der Waals surface area contributed by atoms with Crippen LogP contribution in [0, 0.1) is 11.8 Å². The Morgan fingerprint density at radius 2 is 1.15 bits per heavy atom. The van der Waals surface area contributed by atoms with Gasteiger partial charge in [-0.2, -0.15) is 0 Å². The summed E-state index contributed by atoms with van der Waals surface area (Å²) < 4.78 is 0.855. The zero-order valence-corrected chi connectivity index (χ0v) is 55.7. The molecule has 2 aliphatic heterocycles. The molecule has 13 atom stereocenters. The van der Waals surface area contributed by atoms with Crippen molar-refractivity contribution in [1.29, 1.82) is 0 Å². The lowest BCUT2D eigenvalue weighted by Crippen LogP contribution is -2.68. The van der Waals surface area contributed by atoms with Crippen LogP contribution in [0.5, 0.6) is 0 Å². The Hall–Kier alpha value is -6.01. The second-order valence-electron chi connectivity index (χ2n) is 25.9. The summed E-state index contributed by atoms with van der Waals surface area (Å²) in [5.41, 5.74) is 8.18. The highest BCUT2D eigenvalue weighted by molar-refractivity contribution is 8.02. The second-order valence-corrected chi connectivity index (χ2v) is 26.8. The monoisotopic (exact) mass is 1310 g/mol. The summed E-state index contributed by atoms with van der Waals surface area (Å²) in [6.07, 6.45) is 13.1. The third kappa shape index (κ3) is 32.9. The highest BCUT2D eigenvalue weighted by atomic mass is 32.2. The first-order valence-corrected chi connectivity index (χ1v) is 33.3. The average molecular weight is 1310 g/mol. The molecule has 0 radical (unpaired) electrons. The van der Waals surface area contributed by atoms with Gasteiger partial charge >= 0.3 is 0 Å². The molecule has 2 aliphatic rings. The van der Waals surface area contributed by atoms with Gasteiger partial charge in [-0.25, -0.2) is 0 Å². The normalized spacial score (nSPS) is 23.4. The van der Waals surface area contributed by atoms with Crippen LogP contribution in [0.1, 0.15) is 182 Å². The van der Waals surface area contributed by atoms with Gasteiger partial charge in [0.05, 0.1) is 83.1 Å². The minimum absolute atomic E-state index is 0.0518. The minimum Gasteiger partial charge on any atom is -0.393 e. The largest absolute Gasteiger partial charge is 0.393 e. The average Bonchev–Trinajstić information content (AvgIpc) is 1.75. The van der Waals surface area contributed by atoms with Crippen LogP contribution in [0.2, 0.25) is 0 Å². The summed E-state index contributed by atoms with van der Waals surface area (Å²) in [5.74, 6) is -11.9. The van der Waals surface area contributed by atoms with Crippen LogP contribution in [-0.2, 0) is 47.9 Å². The Labute approximate surface area is 541 Å². The molecule has 2 rings (SSSR count). The van der Waals surface area contributed by atoms with Crippen molar-refractivity contribution >= 4 is 70.8 Å². The van der Waals surface area contributed by atoms with E-state index in [0.29, 0.717) is 25.7 Å². The van der Waals surface area contributed by atoms with Crippen molar-refractivity contribution in [1.82, 2.24) is 42.5 Å². The van der Waals surface area contributed by atoms with E-state index in [1.165, 1.54) is 32.3 Å². The third-order valence-corrected chi connectivity index (χ3v) is 17.0. The molecule has 1 fully saturated rings. The topological polar surface area (TPSA) is 440 Å². The van der Waals surface area contributed by atoms with Crippen LogP contribution in [0.15, 0.2) is 35.5 Å². The number of thioether (sulfide) groups is 1. The molecule has 0 saturated carbocycles. The predicted molar refractivity (Wildman–Crippen MR) is 345 cm³/mol. The van der Waals surface area contributed by atoms with Crippen LogP contribution in [-0.4, -0.2) is 200 Å². The summed E-state index contributed by atoms with van der Waals surface area (Å²) >= 11 is 0.825. The first-order chi connectivity index (χ1) is 42.8. The summed E-state index contributed by atoms with van der Waals surface area (Å²) in [5, 5.41) is 84.1. The Morgan fingerprint density at radius 3 is 1.68 bits per heavy atom. The van der Waals surface area contributed by atoms with E-state index in [4.69, 9.17) is 11.5 Å². The van der Waals surface area contributed by atoms with E-state index < -0.39 is 168 Å². The third-order valence-electron chi connectivity index (χ3n) is 16.0. The number of aliphatic hydroxyl groups is 6. The fourth-order valence-corrected chi connectivity index (χ4v) is 11.4. The van der Waals surface area contributed by atoms with Gasteiger partial charge in [0.2, 0.25) is 53.2 Å². The van der Waals surface area contributed by atoms with Crippen LogP contribution < -0.4 is 54.0 Å². The number of carbonyl (C=O) groups is 10. The number of nitrogens with zero attached hydrogens (tertiary/aromatic N) is 1. The van der Waals surface area contributed by atoms with E-state index in [2.05, 4.69) is 75.8 Å². The summed E-state index contributed by atoms with van der Waals surface area (Å²) in [6, 6.07) is -7.92. The molecule has 0 aliphatic carbocycles. The number of nitrogens with two attached hydrogens (primary N) is 2. The lowest BCUT2D eigenvalue weighted by molar-refractivity contribution is -0.870. The van der Waals surface area contributed by atoms with Crippen molar-refractivity contribution in [2.24, 2.45) is 23.3 Å². The molecule has 10 amide bonds. The van der Waals surface area contributed by atoms with Gasteiger partial charge in [0, 0.05) is 18.4 Å². The minimum atomic E-state index is -2.31. The van der Waals surface area contributed by atoms with Crippen LogP contribution in [0.25, 0.3) is 0 Å². The molecule has 1 spiro atoms. The van der Waals surface area contributed by atoms with Gasteiger partial charge in [-0.1, -0.05) is 83.9 Å². The smallest absolute Gasteiger partial charge is 0.268 e. The highest BCUT2D eigenvalue weighted by Gasteiger charge is 2.48. The molecule has 27 nitrogen and oxygen atoms in total. The zero-order valence-electron chi connectivity index (χ0n) is 54.8. The number of nitrogens with one attached hydrogen (secondary N) is 8. The number of unbranched alkanes of at least 4 members (excludes halogenated alkanes) is 10. The summed E-state index contributed by atoms with van der Waals surface area (Å²) in [6.45, 7) is 8.47. The van der Waals surface area contributed by atoms with Gasteiger partial charge in [-0.15, -0.1) is 11.8 Å². The van der Waals surface area contributed by atoms with Crippen LogP contribution in [0.4, 0.5) is 0 Å². The standard InChI is InChI=1S/C63H109N11O16S/c1-9-47-58(86)72-54(39(2)3)61(89)73-63(38-91-30-28-66-57(85)48(35-52(64)81)69-59(87)49(36-53(65)82)71-62(63)90)37-50(60(88)68-47)70-56(84)41(5)67-55(83)40(4)51(80)27-22-20-18-16-14-12-10-11-13-15-17-19-21-25-42(75)31-44(77)33-46(79)34-45(78)32-43(76)26-23-24-29-74(6,7)8/h9-11,28,30,39-46,48-51,54,75-80H,12-27,29,31-38H2,1-8H3,(H11-,64,65,66,67,68,69,70,71,72,73,81,82,83,84,85,86,87,88,89,90)/p+1/b11-10-,30-28-,47-9-/t40?,41-,42?,43?,44?,45?,46?,48-,49-,50?,51?,54-,63?/m0/s1. The van der Waals surface area contributed by atoms with Crippen molar-refractivity contribution in [3.63, 3.8) is 0 Å². The molecule has 518 valence electrons. The van der Waals surface area contributed by atoms with E-state index in [1.54, 1.807) is 13.8 Å². The molecule has 91 heavy (non-hydrogen) atoms. The van der Waals surface area contributed by atoms with E-state index in [0.717, 1.165) is 106 Å². The number of hydrogen-bond donors (Lipinski definition) is 16. The Morgan fingerprint density at radius 1 is 0.648 bits per heavy atom. The zero-order chi connectivity index (χ0) is 68.4. The van der Waals surface area contributed by atoms with Crippen LogP contribution in [0.3, 0.4) is 0 Å². The number of carbonyl (C=O) groups excluding carboxylic acids is 10. The van der Waals surface area contributed by atoms with Crippen molar-refractivity contribution in [2.45, 2.75) is 255 Å². The van der Waals surface area contributed by atoms with Gasteiger partial charge < -0.3 is 89.1 Å².